The predicted molar refractivity (Wildman–Crippen MR) is 59.4 cm³/mol. The van der Waals surface area contributed by atoms with Crippen LogP contribution in [0.15, 0.2) is 0 Å². The topological polar surface area (TPSA) is 64.4 Å². The van der Waals surface area contributed by atoms with Gasteiger partial charge in [-0.2, -0.15) is 0 Å². The van der Waals surface area contributed by atoms with Crippen molar-refractivity contribution in [2.75, 3.05) is 20.2 Å². The first-order valence-corrected chi connectivity index (χ1v) is 5.65. The van der Waals surface area contributed by atoms with Crippen LogP contribution in [0.5, 0.6) is 0 Å². The zero-order valence-electron chi connectivity index (χ0n) is 9.71. The third-order valence-electron chi connectivity index (χ3n) is 3.38. The third-order valence-corrected chi connectivity index (χ3v) is 3.38. The summed E-state index contributed by atoms with van der Waals surface area (Å²) >= 11 is 0. The van der Waals surface area contributed by atoms with Crippen molar-refractivity contribution in [3.05, 3.63) is 0 Å². The van der Waals surface area contributed by atoms with Crippen molar-refractivity contribution in [1.82, 2.24) is 5.32 Å². The van der Waals surface area contributed by atoms with Gasteiger partial charge in [-0.1, -0.05) is 6.92 Å². The van der Waals surface area contributed by atoms with Gasteiger partial charge in [0.1, 0.15) is 0 Å². The van der Waals surface area contributed by atoms with E-state index in [4.69, 9.17) is 10.5 Å². The van der Waals surface area contributed by atoms with Crippen LogP contribution in [-0.4, -0.2) is 32.2 Å². The number of ether oxygens (including phenoxy) is 1. The molecule has 0 aromatic rings. The Bertz CT molecular complexity index is 211. The van der Waals surface area contributed by atoms with E-state index < -0.39 is 0 Å². The van der Waals surface area contributed by atoms with Crippen molar-refractivity contribution in [3.8, 4) is 0 Å². The first kappa shape index (κ1) is 12.5. The summed E-state index contributed by atoms with van der Waals surface area (Å²) in [6.45, 7) is 3.38. The van der Waals surface area contributed by atoms with E-state index in [1.807, 2.05) is 0 Å². The van der Waals surface area contributed by atoms with Crippen molar-refractivity contribution >= 4 is 5.91 Å². The molecule has 0 heterocycles. The highest BCUT2D eigenvalue weighted by atomic mass is 16.5. The highest BCUT2D eigenvalue weighted by molar-refractivity contribution is 5.76. The van der Waals surface area contributed by atoms with Gasteiger partial charge in [-0.25, -0.2) is 0 Å². The first-order chi connectivity index (χ1) is 7.15. The van der Waals surface area contributed by atoms with Gasteiger partial charge in [-0.05, 0) is 24.7 Å². The van der Waals surface area contributed by atoms with Crippen LogP contribution >= 0.6 is 0 Å². The Labute approximate surface area is 91.5 Å². The van der Waals surface area contributed by atoms with Crippen LogP contribution in [0.2, 0.25) is 0 Å². The van der Waals surface area contributed by atoms with Crippen molar-refractivity contribution in [2.45, 2.75) is 38.7 Å². The van der Waals surface area contributed by atoms with Crippen molar-refractivity contribution in [1.29, 1.82) is 0 Å². The molecule has 1 fully saturated rings. The van der Waals surface area contributed by atoms with E-state index in [2.05, 4.69) is 12.2 Å². The summed E-state index contributed by atoms with van der Waals surface area (Å²) in [5.74, 6) is 0.0482. The second-order valence-corrected chi connectivity index (χ2v) is 4.43. The standard InChI is InChI=1S/C11H22N2O2/c1-3-11(4-5-11)8-13-10(14)6-9(7-12)15-2/h9H,3-8,12H2,1-2H3,(H,13,14). The molecule has 0 aromatic carbocycles. The van der Waals surface area contributed by atoms with Crippen molar-refractivity contribution < 1.29 is 9.53 Å². The summed E-state index contributed by atoms with van der Waals surface area (Å²) in [5.41, 5.74) is 5.85. The predicted octanol–water partition coefficient (Wildman–Crippen LogP) is 0.657. The van der Waals surface area contributed by atoms with Gasteiger partial charge < -0.3 is 15.8 Å². The Kier molecular flexibility index (Phi) is 4.54. The molecular weight excluding hydrogens is 192 g/mol. The van der Waals surface area contributed by atoms with Gasteiger partial charge in [0.2, 0.25) is 5.91 Å². The molecule has 1 saturated carbocycles. The maximum Gasteiger partial charge on any atom is 0.222 e. The molecule has 0 saturated heterocycles. The monoisotopic (exact) mass is 214 g/mol. The maximum atomic E-state index is 11.5. The molecule has 1 aliphatic carbocycles. The van der Waals surface area contributed by atoms with Crippen LogP contribution in [0.25, 0.3) is 0 Å². The lowest BCUT2D eigenvalue weighted by atomic mass is 10.0. The van der Waals surface area contributed by atoms with Crippen LogP contribution in [-0.2, 0) is 9.53 Å². The highest BCUT2D eigenvalue weighted by Crippen LogP contribution is 2.47. The maximum absolute atomic E-state index is 11.5. The molecule has 1 rings (SSSR count). The van der Waals surface area contributed by atoms with Crippen LogP contribution < -0.4 is 11.1 Å². The minimum absolute atomic E-state index is 0.0482. The summed E-state index contributed by atoms with van der Waals surface area (Å²) in [7, 11) is 1.58. The molecule has 4 nitrogen and oxygen atoms in total. The summed E-state index contributed by atoms with van der Waals surface area (Å²) in [6.07, 6.45) is 3.86. The van der Waals surface area contributed by atoms with E-state index in [1.165, 1.54) is 12.8 Å². The van der Waals surface area contributed by atoms with Gasteiger partial charge in [0, 0.05) is 20.2 Å². The number of carbonyl (C=O) groups excluding carboxylic acids is 1. The lowest BCUT2D eigenvalue weighted by molar-refractivity contribution is -0.123. The number of nitrogens with two attached hydrogens (primary N) is 1. The minimum atomic E-state index is -0.151. The first-order valence-electron chi connectivity index (χ1n) is 5.65. The van der Waals surface area contributed by atoms with E-state index >= 15 is 0 Å². The number of hydrogen-bond donors (Lipinski definition) is 2. The lowest BCUT2D eigenvalue weighted by Gasteiger charge is -2.16. The molecular formula is C11H22N2O2. The molecule has 0 radical (unpaired) electrons. The van der Waals surface area contributed by atoms with E-state index in [1.54, 1.807) is 7.11 Å². The Morgan fingerprint density at radius 2 is 2.27 bits per heavy atom. The van der Waals surface area contributed by atoms with Crippen molar-refractivity contribution in [2.24, 2.45) is 11.1 Å². The fourth-order valence-corrected chi connectivity index (χ4v) is 1.66. The van der Waals surface area contributed by atoms with Gasteiger partial charge in [0.05, 0.1) is 12.5 Å². The van der Waals surface area contributed by atoms with Crippen LogP contribution in [0, 0.1) is 5.41 Å². The number of nitrogens with one attached hydrogen (secondary N) is 1. The summed E-state index contributed by atoms with van der Waals surface area (Å²) in [4.78, 5) is 11.5. The van der Waals surface area contributed by atoms with Gasteiger partial charge >= 0.3 is 0 Å². The zero-order chi connectivity index (χ0) is 11.3. The second kappa shape index (κ2) is 5.47. The average Bonchev–Trinajstić information content (AvgIpc) is 3.04. The Morgan fingerprint density at radius 3 is 2.67 bits per heavy atom. The lowest BCUT2D eigenvalue weighted by Crippen LogP contribution is -2.35. The quantitative estimate of drug-likeness (QED) is 0.654. The molecule has 4 heteroatoms. The van der Waals surface area contributed by atoms with Gasteiger partial charge in [-0.3, -0.25) is 4.79 Å². The number of hydrogen-bond acceptors (Lipinski definition) is 3. The average molecular weight is 214 g/mol. The third kappa shape index (κ3) is 3.80. The van der Waals surface area contributed by atoms with Crippen LogP contribution in [0.3, 0.4) is 0 Å². The van der Waals surface area contributed by atoms with E-state index in [-0.39, 0.29) is 12.0 Å². The summed E-state index contributed by atoms with van der Waals surface area (Å²) in [6, 6.07) is 0. The van der Waals surface area contributed by atoms with E-state index in [0.717, 1.165) is 13.0 Å². The number of methoxy groups -OCH3 is 1. The second-order valence-electron chi connectivity index (χ2n) is 4.43. The molecule has 1 unspecified atom stereocenters. The fourth-order valence-electron chi connectivity index (χ4n) is 1.66. The van der Waals surface area contributed by atoms with Gasteiger partial charge in [0.15, 0.2) is 0 Å². The zero-order valence-corrected chi connectivity index (χ0v) is 9.71. The molecule has 0 bridgehead atoms. The molecule has 1 aliphatic rings. The highest BCUT2D eigenvalue weighted by Gasteiger charge is 2.40. The number of carbonyl (C=O) groups is 1. The number of amides is 1. The Hall–Kier alpha value is -0.610. The molecule has 0 aliphatic heterocycles. The number of rotatable bonds is 7. The SMILES string of the molecule is CCC1(CNC(=O)CC(CN)OC)CC1. The van der Waals surface area contributed by atoms with Crippen LogP contribution in [0.1, 0.15) is 32.6 Å². The molecule has 88 valence electrons. The molecule has 15 heavy (non-hydrogen) atoms. The fraction of sp³-hybridized carbons (Fsp3) is 0.909. The summed E-state index contributed by atoms with van der Waals surface area (Å²) in [5, 5.41) is 2.96. The molecule has 1 atom stereocenters. The molecule has 0 aromatic heterocycles. The van der Waals surface area contributed by atoms with E-state index in [0.29, 0.717) is 18.4 Å². The normalized spacial score (nSPS) is 19.7. The molecule has 3 N–H and O–H groups in total. The Balaban J connectivity index is 2.18. The minimum Gasteiger partial charge on any atom is -0.380 e. The molecule has 0 spiro atoms. The smallest absolute Gasteiger partial charge is 0.222 e. The van der Waals surface area contributed by atoms with Crippen molar-refractivity contribution in [3.63, 3.8) is 0 Å². The van der Waals surface area contributed by atoms with Gasteiger partial charge in [0.25, 0.3) is 0 Å². The molecule has 1 amide bonds. The van der Waals surface area contributed by atoms with E-state index in [9.17, 15) is 4.79 Å². The largest absolute Gasteiger partial charge is 0.380 e. The van der Waals surface area contributed by atoms with Crippen LogP contribution in [0.4, 0.5) is 0 Å². The van der Waals surface area contributed by atoms with Gasteiger partial charge in [-0.15, -0.1) is 0 Å². The summed E-state index contributed by atoms with van der Waals surface area (Å²) < 4.78 is 5.06. The Morgan fingerprint density at radius 1 is 1.60 bits per heavy atom.